The molecule has 0 saturated heterocycles. The van der Waals surface area contributed by atoms with Gasteiger partial charge in [-0.25, -0.2) is 9.67 Å². The van der Waals surface area contributed by atoms with Crippen LogP contribution in [-0.2, 0) is 5.41 Å². The normalized spacial score (nSPS) is 12.7. The van der Waals surface area contributed by atoms with E-state index in [9.17, 15) is 0 Å². The summed E-state index contributed by atoms with van der Waals surface area (Å²) in [7, 11) is 0. The molecule has 0 aliphatic rings. The van der Waals surface area contributed by atoms with Crippen LogP contribution in [0.5, 0.6) is 11.5 Å². The van der Waals surface area contributed by atoms with Crippen molar-refractivity contribution in [2.75, 3.05) is 0 Å². The summed E-state index contributed by atoms with van der Waals surface area (Å²) >= 11 is 0. The van der Waals surface area contributed by atoms with Gasteiger partial charge in [-0.05, 0) is 96.3 Å². The second-order valence-electron chi connectivity index (χ2n) is 14.4. The molecule has 5 nitrogen and oxygen atoms in total. The van der Waals surface area contributed by atoms with Gasteiger partial charge in [0.15, 0.2) is 0 Å². The number of aromatic nitrogens is 4. The maximum atomic E-state index is 6.59. The minimum atomic E-state index is 0.00291. The van der Waals surface area contributed by atoms with Gasteiger partial charge < -0.3 is 4.74 Å². The van der Waals surface area contributed by atoms with Crippen LogP contribution >= 0.6 is 0 Å². The molecule has 3 aromatic heterocycles. The predicted octanol–water partition coefficient (Wildman–Crippen LogP) is 11.5. The van der Waals surface area contributed by atoms with E-state index in [-0.39, 0.29) is 5.41 Å². The fourth-order valence-corrected chi connectivity index (χ4v) is 6.74. The number of pyridine rings is 1. The van der Waals surface area contributed by atoms with Crippen molar-refractivity contribution in [2.45, 2.75) is 66.7 Å². The Kier molecular flexibility index (Phi) is 7.95. The highest BCUT2D eigenvalue weighted by Crippen LogP contribution is 2.38. The highest BCUT2D eigenvalue weighted by Gasteiger charge is 2.20. The monoisotopic (exact) mass is 632 g/mol. The van der Waals surface area contributed by atoms with E-state index in [2.05, 4.69) is 145 Å². The first kappa shape index (κ1) is 31.4. The number of benzene rings is 4. The van der Waals surface area contributed by atoms with Gasteiger partial charge in [-0.2, -0.15) is 5.10 Å². The maximum Gasteiger partial charge on any atom is 0.137 e. The van der Waals surface area contributed by atoms with Crippen LogP contribution < -0.4 is 4.74 Å². The first-order valence-electron chi connectivity index (χ1n) is 16.9. The molecule has 0 aliphatic carbocycles. The van der Waals surface area contributed by atoms with E-state index in [1.165, 1.54) is 27.5 Å². The SMILES string of the molecule is Cc1nn(-c2cccc(Oc3ccc4c5cc(C(C)C(C)C)ccc5n(-c5cc(C(C)(C)C)ccn5)c4c3)c2)c(C)c1-c1ccccc1. The van der Waals surface area contributed by atoms with Crippen molar-refractivity contribution in [3.8, 4) is 34.1 Å². The zero-order valence-corrected chi connectivity index (χ0v) is 29.2. The third-order valence-corrected chi connectivity index (χ3v) is 9.78. The number of hydrogen-bond acceptors (Lipinski definition) is 3. The number of aryl methyl sites for hydroxylation is 1. The molecule has 7 aromatic rings. The molecule has 0 saturated carbocycles. The van der Waals surface area contributed by atoms with Gasteiger partial charge in [-0.3, -0.25) is 4.57 Å². The number of nitrogens with zero attached hydrogens (tertiary/aromatic N) is 4. The van der Waals surface area contributed by atoms with Crippen molar-refractivity contribution in [2.24, 2.45) is 5.92 Å². The van der Waals surface area contributed by atoms with Crippen molar-refractivity contribution >= 4 is 21.8 Å². The van der Waals surface area contributed by atoms with Gasteiger partial charge in [0.1, 0.15) is 17.3 Å². The van der Waals surface area contributed by atoms with Gasteiger partial charge in [0, 0.05) is 40.4 Å². The van der Waals surface area contributed by atoms with Crippen LogP contribution in [0.3, 0.4) is 0 Å². The van der Waals surface area contributed by atoms with Crippen LogP contribution in [0.25, 0.3) is 44.4 Å². The summed E-state index contributed by atoms with van der Waals surface area (Å²) in [5, 5.41) is 7.33. The van der Waals surface area contributed by atoms with Crippen molar-refractivity contribution in [3.05, 3.63) is 132 Å². The largest absolute Gasteiger partial charge is 0.457 e. The number of rotatable bonds is 7. The average Bonchev–Trinajstić information content (AvgIpc) is 3.56. The molecule has 0 bridgehead atoms. The number of hydrogen-bond donors (Lipinski definition) is 0. The first-order chi connectivity index (χ1) is 23.0. The summed E-state index contributed by atoms with van der Waals surface area (Å²) in [4.78, 5) is 4.89. The lowest BCUT2D eigenvalue weighted by Crippen LogP contribution is -2.12. The number of ether oxygens (including phenoxy) is 1. The molecule has 0 amide bonds. The Morgan fingerprint density at radius 1 is 0.708 bits per heavy atom. The summed E-state index contributed by atoms with van der Waals surface area (Å²) in [6.45, 7) is 17.8. The van der Waals surface area contributed by atoms with E-state index in [1.807, 2.05) is 29.1 Å². The van der Waals surface area contributed by atoms with Crippen LogP contribution in [0.15, 0.2) is 109 Å². The zero-order valence-electron chi connectivity index (χ0n) is 29.2. The summed E-state index contributed by atoms with van der Waals surface area (Å²) in [5.74, 6) is 3.44. The van der Waals surface area contributed by atoms with Gasteiger partial charge in [0.05, 0.1) is 22.4 Å². The first-order valence-corrected chi connectivity index (χ1v) is 16.9. The highest BCUT2D eigenvalue weighted by atomic mass is 16.5. The Hall–Kier alpha value is -5.16. The van der Waals surface area contributed by atoms with E-state index in [4.69, 9.17) is 14.8 Å². The van der Waals surface area contributed by atoms with Gasteiger partial charge in [0.2, 0.25) is 0 Å². The molecule has 1 unspecified atom stereocenters. The third kappa shape index (κ3) is 5.68. The molecule has 0 radical (unpaired) electrons. The van der Waals surface area contributed by atoms with E-state index in [1.54, 1.807) is 0 Å². The second-order valence-corrected chi connectivity index (χ2v) is 14.4. The summed E-state index contributed by atoms with van der Waals surface area (Å²) in [6, 6.07) is 36.3. The van der Waals surface area contributed by atoms with Crippen LogP contribution in [0, 0.1) is 19.8 Å². The lowest BCUT2D eigenvalue weighted by atomic mass is 9.88. The van der Waals surface area contributed by atoms with Crippen molar-refractivity contribution < 1.29 is 4.74 Å². The van der Waals surface area contributed by atoms with E-state index < -0.39 is 0 Å². The molecular weight excluding hydrogens is 589 g/mol. The predicted molar refractivity (Wildman–Crippen MR) is 199 cm³/mol. The van der Waals surface area contributed by atoms with E-state index in [0.717, 1.165) is 51.0 Å². The van der Waals surface area contributed by atoms with E-state index >= 15 is 0 Å². The molecule has 48 heavy (non-hydrogen) atoms. The molecule has 0 fully saturated rings. The van der Waals surface area contributed by atoms with Gasteiger partial charge in [-0.1, -0.05) is 84.0 Å². The fourth-order valence-electron chi connectivity index (χ4n) is 6.74. The Morgan fingerprint density at radius 3 is 2.23 bits per heavy atom. The van der Waals surface area contributed by atoms with Gasteiger partial charge in [-0.15, -0.1) is 0 Å². The molecule has 0 spiro atoms. The summed E-state index contributed by atoms with van der Waals surface area (Å²) in [6.07, 6.45) is 1.93. The average molecular weight is 633 g/mol. The molecule has 242 valence electrons. The molecule has 0 N–H and O–H groups in total. The maximum absolute atomic E-state index is 6.59. The van der Waals surface area contributed by atoms with Gasteiger partial charge in [0.25, 0.3) is 0 Å². The molecule has 3 heterocycles. The number of fused-ring (bicyclic) bond motifs is 3. The van der Waals surface area contributed by atoms with Crippen LogP contribution in [0.4, 0.5) is 0 Å². The third-order valence-electron chi connectivity index (χ3n) is 9.78. The van der Waals surface area contributed by atoms with Crippen LogP contribution in [0.2, 0.25) is 0 Å². The van der Waals surface area contributed by atoms with Gasteiger partial charge >= 0.3 is 0 Å². The smallest absolute Gasteiger partial charge is 0.137 e. The molecule has 4 aromatic carbocycles. The quantitative estimate of drug-likeness (QED) is 0.176. The summed E-state index contributed by atoms with van der Waals surface area (Å²) < 4.78 is 10.9. The van der Waals surface area contributed by atoms with E-state index in [0.29, 0.717) is 11.8 Å². The molecule has 7 rings (SSSR count). The lowest BCUT2D eigenvalue weighted by Gasteiger charge is -2.20. The molecular formula is C43H44N4O. The lowest BCUT2D eigenvalue weighted by molar-refractivity contribution is 0.482. The van der Waals surface area contributed by atoms with Crippen molar-refractivity contribution in [1.82, 2.24) is 19.3 Å². The summed E-state index contributed by atoms with van der Waals surface area (Å²) in [5.41, 5.74) is 10.2. The Balaban J connectivity index is 1.32. The minimum absolute atomic E-state index is 0.00291. The Labute approximate surface area is 283 Å². The fraction of sp³-hybridized carbons (Fsp3) is 0.256. The highest BCUT2D eigenvalue weighted by molar-refractivity contribution is 6.09. The van der Waals surface area contributed by atoms with Crippen LogP contribution in [0.1, 0.15) is 70.0 Å². The van der Waals surface area contributed by atoms with Crippen molar-refractivity contribution in [3.63, 3.8) is 0 Å². The Bertz CT molecular complexity index is 2270. The topological polar surface area (TPSA) is 44.9 Å². The second kappa shape index (κ2) is 12.1. The molecule has 1 atom stereocenters. The molecule has 0 aliphatic heterocycles. The molecule has 5 heteroatoms. The standard InChI is InChI=1S/C43H44N4O/c1-27(2)28(3)32-17-20-39-38(23-32)37-19-18-36(26-40(37)46(39)41-24-33(21-22-44-41)43(6,7)8)48-35-16-12-15-34(25-35)47-30(5)42(29(4)45-47)31-13-10-9-11-14-31/h9-28H,1-8H3. The Morgan fingerprint density at radius 2 is 1.48 bits per heavy atom. The van der Waals surface area contributed by atoms with Crippen molar-refractivity contribution in [1.29, 1.82) is 0 Å². The zero-order chi connectivity index (χ0) is 33.7. The van der Waals surface area contributed by atoms with Crippen LogP contribution in [-0.4, -0.2) is 19.3 Å². The minimum Gasteiger partial charge on any atom is -0.457 e.